The predicted octanol–water partition coefficient (Wildman–Crippen LogP) is -0.871. The van der Waals surface area contributed by atoms with E-state index in [2.05, 4.69) is 17.6 Å². The maximum absolute atomic E-state index is 10.8. The number of rotatable bonds is 6. The van der Waals surface area contributed by atoms with Crippen LogP contribution in [0.4, 0.5) is 4.79 Å². The fraction of sp³-hybridized carbons (Fsp3) is 0.714. The molecule has 0 saturated carbocycles. The second kappa shape index (κ2) is 8.29. The molecule has 0 unspecified atom stereocenters. The first-order chi connectivity index (χ1) is 5.81. The number of hydrogen-bond donors (Lipinski definition) is 3. The van der Waals surface area contributed by atoms with E-state index in [4.69, 9.17) is 9.84 Å². The average Bonchev–Trinajstić information content (AvgIpc) is 2.09. The van der Waals surface area contributed by atoms with Crippen LogP contribution in [0.15, 0.2) is 0 Å². The van der Waals surface area contributed by atoms with Crippen molar-refractivity contribution < 1.29 is 14.6 Å². The van der Waals surface area contributed by atoms with Crippen molar-refractivity contribution in [1.82, 2.24) is 10.6 Å². The minimum absolute atomic E-state index is 0.0528. The van der Waals surface area contributed by atoms with Gasteiger partial charge in [-0.05, 0) is 6.92 Å². The van der Waals surface area contributed by atoms with E-state index in [9.17, 15) is 4.79 Å². The molecule has 1 radical (unpaired) electrons. The molecule has 71 valence electrons. The van der Waals surface area contributed by atoms with Gasteiger partial charge >= 0.3 is 6.03 Å². The van der Waals surface area contributed by atoms with Gasteiger partial charge in [0.25, 0.3) is 0 Å². The molecule has 0 rings (SSSR count). The van der Waals surface area contributed by atoms with Gasteiger partial charge in [0.2, 0.25) is 0 Å². The Labute approximate surface area is 72.1 Å². The molecule has 0 aromatic heterocycles. The number of carbonyl (C=O) groups is 1. The second-order valence-electron chi connectivity index (χ2n) is 2.02. The highest BCUT2D eigenvalue weighted by molar-refractivity contribution is 5.73. The van der Waals surface area contributed by atoms with Crippen LogP contribution in [-0.2, 0) is 4.74 Å². The van der Waals surface area contributed by atoms with E-state index in [1.807, 2.05) is 0 Å². The lowest BCUT2D eigenvalue weighted by Gasteiger charge is -2.05. The van der Waals surface area contributed by atoms with Crippen molar-refractivity contribution >= 4 is 6.03 Å². The summed E-state index contributed by atoms with van der Waals surface area (Å²) in [5.74, 6) is 0. The number of nitrogens with one attached hydrogen (secondary N) is 2. The van der Waals surface area contributed by atoms with Crippen LogP contribution < -0.4 is 10.6 Å². The summed E-state index contributed by atoms with van der Waals surface area (Å²) in [6.45, 7) is 4.99. The molecule has 0 aliphatic carbocycles. The zero-order valence-electron chi connectivity index (χ0n) is 7.01. The van der Waals surface area contributed by atoms with Crippen LogP contribution in [0.1, 0.15) is 0 Å². The standard InChI is InChI=1S/C7H15N2O3/c1-2-12-6-4-9-7(11)8-3-5-10/h10H,1-6H2,(H2,8,9,11). The molecular weight excluding hydrogens is 160 g/mol. The molecule has 0 aromatic rings. The highest BCUT2D eigenvalue weighted by Crippen LogP contribution is 1.70. The zero-order valence-corrected chi connectivity index (χ0v) is 7.01. The summed E-state index contributed by atoms with van der Waals surface area (Å²) in [6.07, 6.45) is 0. The minimum Gasteiger partial charge on any atom is -0.395 e. The first kappa shape index (κ1) is 11.2. The van der Waals surface area contributed by atoms with Crippen LogP contribution in [0.5, 0.6) is 0 Å². The predicted molar refractivity (Wildman–Crippen MR) is 44.7 cm³/mol. The molecule has 0 aromatic carbocycles. The maximum atomic E-state index is 10.8. The number of hydrogen-bond acceptors (Lipinski definition) is 3. The Kier molecular flexibility index (Phi) is 7.73. The lowest BCUT2D eigenvalue weighted by atomic mass is 10.6. The van der Waals surface area contributed by atoms with Crippen LogP contribution in [0, 0.1) is 6.92 Å². The van der Waals surface area contributed by atoms with Crippen molar-refractivity contribution in [3.05, 3.63) is 6.92 Å². The first-order valence-electron chi connectivity index (χ1n) is 3.80. The quantitative estimate of drug-likeness (QED) is 0.459. The van der Waals surface area contributed by atoms with E-state index in [-0.39, 0.29) is 19.2 Å². The molecule has 0 heterocycles. The molecule has 5 heteroatoms. The molecule has 3 N–H and O–H groups in total. The number of carbonyl (C=O) groups excluding carboxylic acids is 1. The summed E-state index contributed by atoms with van der Waals surface area (Å²) in [4.78, 5) is 10.8. The molecule has 5 nitrogen and oxygen atoms in total. The summed E-state index contributed by atoms with van der Waals surface area (Å²) in [7, 11) is 0. The third-order valence-electron chi connectivity index (χ3n) is 1.07. The highest BCUT2D eigenvalue weighted by atomic mass is 16.5. The van der Waals surface area contributed by atoms with E-state index in [1.54, 1.807) is 0 Å². The van der Waals surface area contributed by atoms with E-state index in [0.29, 0.717) is 19.8 Å². The summed E-state index contributed by atoms with van der Waals surface area (Å²) in [5.41, 5.74) is 0. The average molecular weight is 175 g/mol. The Morgan fingerprint density at radius 2 is 2.08 bits per heavy atom. The van der Waals surface area contributed by atoms with Crippen molar-refractivity contribution in [2.24, 2.45) is 0 Å². The summed E-state index contributed by atoms with van der Waals surface area (Å²) >= 11 is 0. The molecule has 0 aliphatic heterocycles. The van der Waals surface area contributed by atoms with Gasteiger partial charge < -0.3 is 20.5 Å². The monoisotopic (exact) mass is 175 g/mol. The maximum Gasteiger partial charge on any atom is 0.314 e. The van der Waals surface area contributed by atoms with Crippen molar-refractivity contribution in [2.75, 3.05) is 32.9 Å². The number of amides is 2. The normalized spacial score (nSPS) is 9.50. The van der Waals surface area contributed by atoms with Gasteiger partial charge in [-0.1, -0.05) is 0 Å². The Bertz CT molecular complexity index is 119. The molecule has 0 spiro atoms. The Morgan fingerprint density at radius 1 is 1.42 bits per heavy atom. The van der Waals surface area contributed by atoms with Crippen molar-refractivity contribution in [3.8, 4) is 0 Å². The zero-order chi connectivity index (χ0) is 9.23. The lowest BCUT2D eigenvalue weighted by molar-refractivity contribution is 0.162. The first-order valence-corrected chi connectivity index (χ1v) is 3.80. The van der Waals surface area contributed by atoms with Gasteiger partial charge in [-0.15, -0.1) is 0 Å². The number of ether oxygens (including phenoxy) is 1. The molecule has 2 amide bonds. The second-order valence-corrected chi connectivity index (χ2v) is 2.02. The van der Waals surface area contributed by atoms with Gasteiger partial charge in [0, 0.05) is 19.7 Å². The van der Waals surface area contributed by atoms with Crippen LogP contribution >= 0.6 is 0 Å². The molecule has 0 bridgehead atoms. The number of urea groups is 1. The van der Waals surface area contributed by atoms with E-state index in [1.165, 1.54) is 0 Å². The SMILES string of the molecule is [CH2]COCCNC(=O)NCCO. The van der Waals surface area contributed by atoms with Crippen LogP contribution in [0.3, 0.4) is 0 Å². The van der Waals surface area contributed by atoms with Gasteiger partial charge in [-0.3, -0.25) is 0 Å². The van der Waals surface area contributed by atoms with Gasteiger partial charge in [0.05, 0.1) is 13.2 Å². The third kappa shape index (κ3) is 7.30. The van der Waals surface area contributed by atoms with E-state index < -0.39 is 0 Å². The van der Waals surface area contributed by atoms with Crippen LogP contribution in [-0.4, -0.2) is 44.0 Å². The molecule has 0 saturated heterocycles. The Balaban J connectivity index is 3.08. The summed E-state index contributed by atoms with van der Waals surface area (Å²) in [6, 6.07) is -0.295. The van der Waals surface area contributed by atoms with Gasteiger partial charge in [0.15, 0.2) is 0 Å². The summed E-state index contributed by atoms with van der Waals surface area (Å²) in [5, 5.41) is 13.3. The Hall–Kier alpha value is -0.810. The molecule has 0 aliphatic rings. The fourth-order valence-corrected chi connectivity index (χ4v) is 0.571. The fourth-order valence-electron chi connectivity index (χ4n) is 0.571. The molecule has 12 heavy (non-hydrogen) atoms. The topological polar surface area (TPSA) is 70.6 Å². The minimum atomic E-state index is -0.295. The largest absolute Gasteiger partial charge is 0.395 e. The van der Waals surface area contributed by atoms with Crippen LogP contribution in [0.25, 0.3) is 0 Å². The lowest BCUT2D eigenvalue weighted by Crippen LogP contribution is -2.38. The van der Waals surface area contributed by atoms with Gasteiger partial charge in [0.1, 0.15) is 0 Å². The van der Waals surface area contributed by atoms with Gasteiger partial charge in [-0.2, -0.15) is 0 Å². The number of aliphatic hydroxyl groups excluding tert-OH is 1. The van der Waals surface area contributed by atoms with Crippen molar-refractivity contribution in [2.45, 2.75) is 0 Å². The van der Waals surface area contributed by atoms with Crippen molar-refractivity contribution in [1.29, 1.82) is 0 Å². The van der Waals surface area contributed by atoms with Crippen molar-refractivity contribution in [3.63, 3.8) is 0 Å². The summed E-state index contributed by atoms with van der Waals surface area (Å²) < 4.78 is 4.89. The molecular formula is C7H15N2O3. The van der Waals surface area contributed by atoms with E-state index >= 15 is 0 Å². The highest BCUT2D eigenvalue weighted by Gasteiger charge is 1.95. The molecule has 0 atom stereocenters. The smallest absolute Gasteiger partial charge is 0.314 e. The van der Waals surface area contributed by atoms with E-state index in [0.717, 1.165) is 0 Å². The van der Waals surface area contributed by atoms with Crippen LogP contribution in [0.2, 0.25) is 0 Å². The molecule has 0 fully saturated rings. The number of aliphatic hydroxyl groups is 1. The third-order valence-corrected chi connectivity index (χ3v) is 1.07. The Morgan fingerprint density at radius 3 is 2.67 bits per heavy atom. The van der Waals surface area contributed by atoms with Gasteiger partial charge in [-0.25, -0.2) is 4.79 Å².